The summed E-state index contributed by atoms with van der Waals surface area (Å²) < 4.78 is 0. The van der Waals surface area contributed by atoms with Crippen LogP contribution < -0.4 is 10.6 Å². The minimum absolute atomic E-state index is 0.254. The number of pyridine rings is 1. The smallest absolute Gasteiger partial charge is 0.257 e. The number of amides is 2. The zero-order valence-corrected chi connectivity index (χ0v) is 13.8. The lowest BCUT2D eigenvalue weighted by Crippen LogP contribution is -2.40. The summed E-state index contributed by atoms with van der Waals surface area (Å²) in [6.45, 7) is 7.64. The molecule has 2 rings (SSSR count). The predicted molar refractivity (Wildman–Crippen MR) is 90.6 cm³/mol. The summed E-state index contributed by atoms with van der Waals surface area (Å²) in [5.74, 6) is -0.552. The first-order valence-corrected chi connectivity index (χ1v) is 7.40. The van der Waals surface area contributed by atoms with Crippen LogP contribution in [0.15, 0.2) is 42.7 Å². The highest BCUT2D eigenvalue weighted by Gasteiger charge is 2.17. The van der Waals surface area contributed by atoms with Crippen molar-refractivity contribution in [2.24, 2.45) is 0 Å². The van der Waals surface area contributed by atoms with Gasteiger partial charge in [0, 0.05) is 23.6 Å². The van der Waals surface area contributed by atoms with Crippen molar-refractivity contribution in [1.82, 2.24) is 10.3 Å². The Balaban J connectivity index is 2.16. The Hall–Kier alpha value is -2.69. The molecule has 0 spiro atoms. The van der Waals surface area contributed by atoms with Crippen molar-refractivity contribution in [2.45, 2.75) is 33.2 Å². The average Bonchev–Trinajstić information content (AvgIpc) is 2.45. The van der Waals surface area contributed by atoms with Crippen LogP contribution in [0.4, 0.5) is 5.69 Å². The van der Waals surface area contributed by atoms with E-state index >= 15 is 0 Å². The number of carbonyl (C=O) groups is 2. The zero-order chi connectivity index (χ0) is 17.0. The highest BCUT2D eigenvalue weighted by molar-refractivity contribution is 6.05. The molecule has 0 bridgehead atoms. The second-order valence-corrected chi connectivity index (χ2v) is 6.49. The van der Waals surface area contributed by atoms with Gasteiger partial charge in [-0.1, -0.05) is 12.1 Å². The van der Waals surface area contributed by atoms with E-state index in [4.69, 9.17) is 0 Å². The SMILES string of the molecule is Cc1cccc(NC(=O)c2cncc(C(=O)NC(C)(C)C)c2)c1. The molecule has 1 aromatic heterocycles. The maximum absolute atomic E-state index is 12.3. The first kappa shape index (κ1) is 16.7. The summed E-state index contributed by atoms with van der Waals surface area (Å²) in [7, 11) is 0. The Morgan fingerprint density at radius 2 is 1.65 bits per heavy atom. The molecule has 0 saturated heterocycles. The molecule has 0 fully saturated rings. The van der Waals surface area contributed by atoms with Gasteiger partial charge < -0.3 is 10.6 Å². The first-order valence-electron chi connectivity index (χ1n) is 7.40. The maximum atomic E-state index is 12.3. The standard InChI is InChI=1S/C18H21N3O2/c1-12-6-5-7-15(8-12)20-16(22)13-9-14(11-19-10-13)17(23)21-18(2,3)4/h5-11H,1-4H3,(H,20,22)(H,21,23). The molecule has 0 saturated carbocycles. The number of nitrogens with zero attached hydrogens (tertiary/aromatic N) is 1. The van der Waals surface area contributed by atoms with Gasteiger partial charge in [-0.2, -0.15) is 0 Å². The zero-order valence-electron chi connectivity index (χ0n) is 13.8. The van der Waals surface area contributed by atoms with E-state index in [0.29, 0.717) is 16.8 Å². The fraction of sp³-hybridized carbons (Fsp3) is 0.278. The molecule has 120 valence electrons. The van der Waals surface area contributed by atoms with Crippen molar-refractivity contribution >= 4 is 17.5 Å². The Bertz CT molecular complexity index is 733. The van der Waals surface area contributed by atoms with Gasteiger partial charge in [0.05, 0.1) is 11.1 Å². The third-order valence-electron chi connectivity index (χ3n) is 3.03. The fourth-order valence-corrected chi connectivity index (χ4v) is 2.03. The van der Waals surface area contributed by atoms with Gasteiger partial charge in [0.15, 0.2) is 0 Å². The molecule has 5 nitrogen and oxygen atoms in total. The number of hydrogen-bond acceptors (Lipinski definition) is 3. The molecule has 2 N–H and O–H groups in total. The molecule has 0 aliphatic carbocycles. The van der Waals surface area contributed by atoms with Crippen LogP contribution in [0.5, 0.6) is 0 Å². The van der Waals surface area contributed by atoms with E-state index in [0.717, 1.165) is 5.56 Å². The van der Waals surface area contributed by atoms with Gasteiger partial charge in [-0.3, -0.25) is 14.6 Å². The first-order chi connectivity index (χ1) is 10.7. The van der Waals surface area contributed by atoms with Crippen LogP contribution in [0.2, 0.25) is 0 Å². The molecule has 0 aliphatic heterocycles. The predicted octanol–water partition coefficient (Wildman–Crippen LogP) is 3.17. The molecule has 23 heavy (non-hydrogen) atoms. The van der Waals surface area contributed by atoms with Crippen molar-refractivity contribution in [3.05, 3.63) is 59.4 Å². The fourth-order valence-electron chi connectivity index (χ4n) is 2.03. The van der Waals surface area contributed by atoms with E-state index in [-0.39, 0.29) is 17.4 Å². The lowest BCUT2D eigenvalue weighted by atomic mass is 10.1. The lowest BCUT2D eigenvalue weighted by Gasteiger charge is -2.20. The Morgan fingerprint density at radius 3 is 2.26 bits per heavy atom. The Kier molecular flexibility index (Phi) is 4.79. The Labute approximate surface area is 136 Å². The highest BCUT2D eigenvalue weighted by Crippen LogP contribution is 2.12. The van der Waals surface area contributed by atoms with Gasteiger partial charge >= 0.3 is 0 Å². The van der Waals surface area contributed by atoms with Gasteiger partial charge in [-0.25, -0.2) is 0 Å². The minimum atomic E-state index is -0.350. The normalized spacial score (nSPS) is 11.0. The summed E-state index contributed by atoms with van der Waals surface area (Å²) in [5.41, 5.74) is 2.11. The van der Waals surface area contributed by atoms with Gasteiger partial charge in [0.25, 0.3) is 11.8 Å². The van der Waals surface area contributed by atoms with Crippen LogP contribution in [0.3, 0.4) is 0 Å². The van der Waals surface area contributed by atoms with Gasteiger partial charge in [0.2, 0.25) is 0 Å². The van der Waals surface area contributed by atoms with Crippen LogP contribution in [-0.4, -0.2) is 22.3 Å². The number of hydrogen-bond donors (Lipinski definition) is 2. The third-order valence-corrected chi connectivity index (χ3v) is 3.03. The van der Waals surface area contributed by atoms with E-state index in [2.05, 4.69) is 15.6 Å². The molecule has 0 atom stereocenters. The number of benzene rings is 1. The highest BCUT2D eigenvalue weighted by atomic mass is 16.2. The van der Waals surface area contributed by atoms with E-state index in [1.807, 2.05) is 52.0 Å². The number of carbonyl (C=O) groups excluding carboxylic acids is 2. The summed E-state index contributed by atoms with van der Waals surface area (Å²) in [5, 5.41) is 5.65. The summed E-state index contributed by atoms with van der Waals surface area (Å²) in [4.78, 5) is 28.5. The second kappa shape index (κ2) is 6.60. The molecule has 0 aliphatic rings. The molecule has 2 amide bonds. The minimum Gasteiger partial charge on any atom is -0.347 e. The molecule has 1 aromatic carbocycles. The summed E-state index contributed by atoms with van der Waals surface area (Å²) >= 11 is 0. The Morgan fingerprint density at radius 1 is 1.00 bits per heavy atom. The molecule has 5 heteroatoms. The monoisotopic (exact) mass is 311 g/mol. The third kappa shape index (κ3) is 4.92. The number of aromatic nitrogens is 1. The van der Waals surface area contributed by atoms with Gasteiger partial charge in [-0.05, 0) is 51.5 Å². The van der Waals surface area contributed by atoms with Crippen LogP contribution >= 0.6 is 0 Å². The largest absolute Gasteiger partial charge is 0.347 e. The van der Waals surface area contributed by atoms with Crippen LogP contribution in [0, 0.1) is 6.92 Å². The maximum Gasteiger partial charge on any atom is 0.257 e. The van der Waals surface area contributed by atoms with Crippen molar-refractivity contribution in [3.8, 4) is 0 Å². The molecule has 1 heterocycles. The molecule has 0 unspecified atom stereocenters. The lowest BCUT2D eigenvalue weighted by molar-refractivity contribution is 0.0919. The number of nitrogens with one attached hydrogen (secondary N) is 2. The van der Waals surface area contributed by atoms with E-state index < -0.39 is 0 Å². The van der Waals surface area contributed by atoms with E-state index in [9.17, 15) is 9.59 Å². The van der Waals surface area contributed by atoms with Crippen LogP contribution in [-0.2, 0) is 0 Å². The average molecular weight is 311 g/mol. The number of anilines is 1. The summed E-state index contributed by atoms with van der Waals surface area (Å²) in [6.07, 6.45) is 2.89. The van der Waals surface area contributed by atoms with Crippen molar-refractivity contribution < 1.29 is 9.59 Å². The molecular weight excluding hydrogens is 290 g/mol. The number of rotatable bonds is 3. The topological polar surface area (TPSA) is 71.1 Å². The molecule has 0 radical (unpaired) electrons. The quantitative estimate of drug-likeness (QED) is 0.914. The van der Waals surface area contributed by atoms with E-state index in [1.54, 1.807) is 6.07 Å². The number of aryl methyl sites for hydroxylation is 1. The van der Waals surface area contributed by atoms with Gasteiger partial charge in [0.1, 0.15) is 0 Å². The van der Waals surface area contributed by atoms with Crippen molar-refractivity contribution in [1.29, 1.82) is 0 Å². The molecular formula is C18H21N3O2. The van der Waals surface area contributed by atoms with Gasteiger partial charge in [-0.15, -0.1) is 0 Å². The van der Waals surface area contributed by atoms with Crippen LogP contribution in [0.1, 0.15) is 47.1 Å². The summed E-state index contributed by atoms with van der Waals surface area (Å²) in [6, 6.07) is 9.06. The van der Waals surface area contributed by atoms with Crippen molar-refractivity contribution in [2.75, 3.05) is 5.32 Å². The van der Waals surface area contributed by atoms with Crippen molar-refractivity contribution in [3.63, 3.8) is 0 Å². The van der Waals surface area contributed by atoms with E-state index in [1.165, 1.54) is 12.4 Å². The molecule has 2 aromatic rings. The van der Waals surface area contributed by atoms with Crippen LogP contribution in [0.25, 0.3) is 0 Å². The second-order valence-electron chi connectivity index (χ2n) is 6.49.